The normalized spacial score (nSPS) is 20.1. The monoisotopic (exact) mass is 324 g/mol. The minimum atomic E-state index is -0.0849. The number of hydrogen-bond donors (Lipinski definition) is 0. The maximum atomic E-state index is 12.6. The standard InChI is InChI=1S/C17H20N6O/c1-12-20-13(10-16(21-12)22-7-2-3-8-22)15-4-9-23(15)17(24)14-11-18-5-6-19-14/h5-6,10-11,15H,2-4,7-9H2,1H3/t15-/m0/s1. The Morgan fingerprint density at radius 3 is 2.67 bits per heavy atom. The van der Waals surface area contributed by atoms with E-state index in [4.69, 9.17) is 0 Å². The first-order chi connectivity index (χ1) is 11.7. The quantitative estimate of drug-likeness (QED) is 0.856. The Labute approximate surface area is 140 Å². The van der Waals surface area contributed by atoms with Gasteiger partial charge in [0.1, 0.15) is 17.3 Å². The highest BCUT2D eigenvalue weighted by atomic mass is 16.2. The highest BCUT2D eigenvalue weighted by Gasteiger charge is 2.36. The van der Waals surface area contributed by atoms with Crippen molar-refractivity contribution >= 4 is 11.7 Å². The van der Waals surface area contributed by atoms with Crippen molar-refractivity contribution in [2.75, 3.05) is 24.5 Å². The molecule has 0 bridgehead atoms. The molecule has 7 nitrogen and oxygen atoms in total. The zero-order chi connectivity index (χ0) is 16.5. The van der Waals surface area contributed by atoms with Crippen molar-refractivity contribution in [3.63, 3.8) is 0 Å². The van der Waals surface area contributed by atoms with Crippen molar-refractivity contribution in [3.05, 3.63) is 41.9 Å². The number of anilines is 1. The molecule has 0 spiro atoms. The van der Waals surface area contributed by atoms with Gasteiger partial charge in [-0.2, -0.15) is 0 Å². The summed E-state index contributed by atoms with van der Waals surface area (Å²) in [6.45, 7) is 4.73. The predicted octanol–water partition coefficient (Wildman–Crippen LogP) is 1.76. The second kappa shape index (κ2) is 6.14. The molecular formula is C17H20N6O. The van der Waals surface area contributed by atoms with E-state index in [2.05, 4.69) is 24.8 Å². The van der Waals surface area contributed by atoms with Gasteiger partial charge in [0, 0.05) is 38.1 Å². The molecule has 2 fully saturated rings. The molecule has 7 heteroatoms. The van der Waals surface area contributed by atoms with Crippen molar-refractivity contribution in [3.8, 4) is 0 Å². The minimum absolute atomic E-state index is 0.00237. The number of aromatic nitrogens is 4. The molecule has 1 amide bonds. The SMILES string of the molecule is Cc1nc([C@@H]2CCN2C(=O)c2cnccn2)cc(N2CCCC2)n1. The molecule has 2 aromatic heterocycles. The summed E-state index contributed by atoms with van der Waals surface area (Å²) in [4.78, 5) is 34.0. The lowest BCUT2D eigenvalue weighted by molar-refractivity contribution is 0.0443. The van der Waals surface area contributed by atoms with Gasteiger partial charge in [-0.05, 0) is 26.2 Å². The first kappa shape index (κ1) is 15.0. The molecule has 0 saturated carbocycles. The number of likely N-dealkylation sites (tertiary alicyclic amines) is 1. The Hall–Kier alpha value is -2.57. The van der Waals surface area contributed by atoms with Gasteiger partial charge < -0.3 is 9.80 Å². The summed E-state index contributed by atoms with van der Waals surface area (Å²) in [7, 11) is 0. The number of nitrogens with zero attached hydrogens (tertiary/aromatic N) is 6. The molecular weight excluding hydrogens is 304 g/mol. The fourth-order valence-electron chi connectivity index (χ4n) is 3.35. The van der Waals surface area contributed by atoms with E-state index >= 15 is 0 Å². The predicted molar refractivity (Wildman–Crippen MR) is 88.6 cm³/mol. The van der Waals surface area contributed by atoms with Crippen molar-refractivity contribution in [2.24, 2.45) is 0 Å². The maximum absolute atomic E-state index is 12.6. The minimum Gasteiger partial charge on any atom is -0.357 e. The van der Waals surface area contributed by atoms with Crippen LogP contribution in [-0.2, 0) is 0 Å². The lowest BCUT2D eigenvalue weighted by Gasteiger charge is -2.40. The van der Waals surface area contributed by atoms with Crippen LogP contribution in [0.3, 0.4) is 0 Å². The molecule has 2 aromatic rings. The lowest BCUT2D eigenvalue weighted by Crippen LogP contribution is -2.46. The molecule has 24 heavy (non-hydrogen) atoms. The van der Waals surface area contributed by atoms with Gasteiger partial charge in [0.15, 0.2) is 0 Å². The summed E-state index contributed by atoms with van der Waals surface area (Å²) in [6, 6.07) is 2.04. The van der Waals surface area contributed by atoms with Gasteiger partial charge in [-0.15, -0.1) is 0 Å². The van der Waals surface area contributed by atoms with Gasteiger partial charge in [0.05, 0.1) is 17.9 Å². The number of aryl methyl sites for hydroxylation is 1. The molecule has 0 N–H and O–H groups in total. The third-order valence-corrected chi connectivity index (χ3v) is 4.68. The van der Waals surface area contributed by atoms with E-state index in [-0.39, 0.29) is 11.9 Å². The molecule has 2 aliphatic heterocycles. The highest BCUT2D eigenvalue weighted by molar-refractivity contribution is 5.92. The Balaban J connectivity index is 1.58. The summed E-state index contributed by atoms with van der Waals surface area (Å²) in [5, 5.41) is 0. The summed E-state index contributed by atoms with van der Waals surface area (Å²) in [5.41, 5.74) is 1.31. The first-order valence-corrected chi connectivity index (χ1v) is 8.40. The Morgan fingerprint density at radius 1 is 1.17 bits per heavy atom. The summed E-state index contributed by atoms with van der Waals surface area (Å²) >= 11 is 0. The van der Waals surface area contributed by atoms with Gasteiger partial charge in [-0.3, -0.25) is 9.78 Å². The summed E-state index contributed by atoms with van der Waals surface area (Å²) in [5.74, 6) is 1.65. The van der Waals surface area contributed by atoms with Crippen LogP contribution in [0.4, 0.5) is 5.82 Å². The molecule has 4 heterocycles. The van der Waals surface area contributed by atoms with Gasteiger partial charge in [-0.1, -0.05) is 0 Å². The van der Waals surface area contributed by atoms with Crippen LogP contribution in [0.2, 0.25) is 0 Å². The van der Waals surface area contributed by atoms with Gasteiger partial charge >= 0.3 is 0 Å². The lowest BCUT2D eigenvalue weighted by atomic mass is 9.98. The molecule has 4 rings (SSSR count). The van der Waals surface area contributed by atoms with Crippen LogP contribution in [0.5, 0.6) is 0 Å². The van der Waals surface area contributed by atoms with Crippen LogP contribution in [0.25, 0.3) is 0 Å². The van der Waals surface area contributed by atoms with E-state index in [0.717, 1.165) is 43.4 Å². The fraction of sp³-hybridized carbons (Fsp3) is 0.471. The zero-order valence-corrected chi connectivity index (χ0v) is 13.7. The third kappa shape index (κ3) is 2.70. The first-order valence-electron chi connectivity index (χ1n) is 8.40. The van der Waals surface area contributed by atoms with E-state index in [0.29, 0.717) is 5.69 Å². The van der Waals surface area contributed by atoms with Crippen LogP contribution in [0.1, 0.15) is 47.3 Å². The Kier molecular flexibility index (Phi) is 3.84. The van der Waals surface area contributed by atoms with Crippen LogP contribution < -0.4 is 4.90 Å². The Bertz CT molecular complexity index is 744. The summed E-state index contributed by atoms with van der Waals surface area (Å²) < 4.78 is 0. The maximum Gasteiger partial charge on any atom is 0.274 e. The number of carbonyl (C=O) groups is 1. The van der Waals surface area contributed by atoms with Crippen molar-refractivity contribution in [2.45, 2.75) is 32.2 Å². The van der Waals surface area contributed by atoms with E-state index in [1.54, 1.807) is 12.4 Å². The summed E-state index contributed by atoms with van der Waals surface area (Å²) in [6.07, 6.45) is 7.96. The van der Waals surface area contributed by atoms with E-state index in [1.165, 1.54) is 19.0 Å². The average Bonchev–Trinajstić information content (AvgIpc) is 3.08. The molecule has 2 aliphatic rings. The number of amides is 1. The molecule has 0 radical (unpaired) electrons. The van der Waals surface area contributed by atoms with Crippen molar-refractivity contribution in [1.29, 1.82) is 0 Å². The van der Waals surface area contributed by atoms with Crippen LogP contribution in [0.15, 0.2) is 24.7 Å². The number of carbonyl (C=O) groups excluding carboxylic acids is 1. The average molecular weight is 324 g/mol. The second-order valence-corrected chi connectivity index (χ2v) is 6.29. The molecule has 0 aromatic carbocycles. The largest absolute Gasteiger partial charge is 0.357 e. The van der Waals surface area contributed by atoms with Gasteiger partial charge in [-0.25, -0.2) is 15.0 Å². The van der Waals surface area contributed by atoms with Crippen LogP contribution >= 0.6 is 0 Å². The molecule has 124 valence electrons. The number of rotatable bonds is 3. The van der Waals surface area contributed by atoms with Crippen LogP contribution in [-0.4, -0.2) is 50.4 Å². The molecule has 0 aliphatic carbocycles. The number of hydrogen-bond acceptors (Lipinski definition) is 6. The van der Waals surface area contributed by atoms with Crippen molar-refractivity contribution < 1.29 is 4.79 Å². The van der Waals surface area contributed by atoms with E-state index in [1.807, 2.05) is 17.9 Å². The Morgan fingerprint density at radius 2 is 2.00 bits per heavy atom. The van der Waals surface area contributed by atoms with E-state index in [9.17, 15) is 4.79 Å². The van der Waals surface area contributed by atoms with Gasteiger partial charge in [0.2, 0.25) is 0 Å². The highest BCUT2D eigenvalue weighted by Crippen LogP contribution is 2.34. The zero-order valence-electron chi connectivity index (χ0n) is 13.7. The van der Waals surface area contributed by atoms with Gasteiger partial charge in [0.25, 0.3) is 5.91 Å². The van der Waals surface area contributed by atoms with Crippen molar-refractivity contribution in [1.82, 2.24) is 24.8 Å². The molecule has 1 atom stereocenters. The van der Waals surface area contributed by atoms with Crippen LogP contribution in [0, 0.1) is 6.92 Å². The topological polar surface area (TPSA) is 75.1 Å². The molecule has 2 saturated heterocycles. The smallest absolute Gasteiger partial charge is 0.274 e. The molecule has 0 unspecified atom stereocenters. The fourth-order valence-corrected chi connectivity index (χ4v) is 3.35. The van der Waals surface area contributed by atoms with E-state index < -0.39 is 0 Å². The second-order valence-electron chi connectivity index (χ2n) is 6.29. The third-order valence-electron chi connectivity index (χ3n) is 4.68.